The first kappa shape index (κ1) is 18.8. The van der Waals surface area contributed by atoms with Crippen molar-refractivity contribution in [1.29, 1.82) is 0 Å². The van der Waals surface area contributed by atoms with E-state index >= 15 is 0 Å². The van der Waals surface area contributed by atoms with Gasteiger partial charge in [0, 0.05) is 0 Å². The topological polar surface area (TPSA) is 131 Å². The molecule has 8 nitrogen and oxygen atoms in total. The van der Waals surface area contributed by atoms with Crippen LogP contribution in [0.1, 0.15) is 33.3 Å². The lowest BCUT2D eigenvalue weighted by Crippen LogP contribution is -2.32. The quantitative estimate of drug-likeness (QED) is 0.760. The largest absolute Gasteiger partial charge is 0.492 e. The van der Waals surface area contributed by atoms with Crippen molar-refractivity contribution < 1.29 is 23.1 Å². The molecule has 23 heavy (non-hydrogen) atoms. The summed E-state index contributed by atoms with van der Waals surface area (Å²) in [6.07, 6.45) is 0. The first-order chi connectivity index (χ1) is 10.6. The summed E-state index contributed by atoms with van der Waals surface area (Å²) in [6.45, 7) is 6.94. The van der Waals surface area contributed by atoms with Crippen molar-refractivity contribution in [2.75, 3.05) is 11.3 Å². The van der Waals surface area contributed by atoms with Gasteiger partial charge in [-0.25, -0.2) is 0 Å². The SMILES string of the molecule is CC.CC(C)(COc1cccc2c1C(N)=NS(=O)(=O)N2)C(=O)O. The standard InChI is InChI=1S/C12H15N3O5S.C2H6/c1-12(2,11(16)17)6-20-8-5-3-4-7-9(8)10(13)15-21(18,19)14-7;1-2/h3-5,14H,6H2,1-2H3,(H2,13,15)(H,16,17);1-2H3. The van der Waals surface area contributed by atoms with E-state index in [1.165, 1.54) is 19.9 Å². The molecule has 4 N–H and O–H groups in total. The van der Waals surface area contributed by atoms with E-state index in [1.54, 1.807) is 12.1 Å². The lowest BCUT2D eigenvalue weighted by molar-refractivity contribution is -0.148. The van der Waals surface area contributed by atoms with E-state index in [2.05, 4.69) is 9.12 Å². The summed E-state index contributed by atoms with van der Waals surface area (Å²) in [6, 6.07) is 4.66. The summed E-state index contributed by atoms with van der Waals surface area (Å²) in [5, 5.41) is 9.06. The van der Waals surface area contributed by atoms with Crippen LogP contribution in [0.4, 0.5) is 5.69 Å². The number of fused-ring (bicyclic) bond motifs is 1. The van der Waals surface area contributed by atoms with Gasteiger partial charge < -0.3 is 15.6 Å². The number of benzene rings is 1. The molecule has 0 fully saturated rings. The van der Waals surface area contributed by atoms with Crippen LogP contribution in [0.15, 0.2) is 22.6 Å². The fraction of sp³-hybridized carbons (Fsp3) is 0.429. The van der Waals surface area contributed by atoms with Crippen molar-refractivity contribution >= 4 is 27.7 Å². The fourth-order valence-corrected chi connectivity index (χ4v) is 2.50. The maximum Gasteiger partial charge on any atom is 0.344 e. The van der Waals surface area contributed by atoms with E-state index < -0.39 is 21.6 Å². The molecule has 2 rings (SSSR count). The number of hydrogen-bond acceptors (Lipinski definition) is 5. The number of nitrogens with two attached hydrogens (primary N) is 1. The van der Waals surface area contributed by atoms with Gasteiger partial charge in [0.25, 0.3) is 0 Å². The number of nitrogens with zero attached hydrogens (tertiary/aromatic N) is 1. The predicted molar refractivity (Wildman–Crippen MR) is 88.0 cm³/mol. The Hall–Kier alpha value is -2.29. The summed E-state index contributed by atoms with van der Waals surface area (Å²) in [5.74, 6) is -0.937. The fourth-order valence-electron chi connectivity index (χ4n) is 1.66. The molecule has 0 radical (unpaired) electrons. The van der Waals surface area contributed by atoms with Crippen molar-refractivity contribution in [2.45, 2.75) is 27.7 Å². The van der Waals surface area contributed by atoms with Crippen LogP contribution in [0.25, 0.3) is 0 Å². The summed E-state index contributed by atoms with van der Waals surface area (Å²) in [5.41, 5.74) is 5.11. The van der Waals surface area contributed by atoms with Crippen LogP contribution in [0.5, 0.6) is 5.75 Å². The number of carbonyl (C=O) groups is 1. The van der Waals surface area contributed by atoms with Crippen LogP contribution < -0.4 is 15.2 Å². The highest BCUT2D eigenvalue weighted by atomic mass is 32.2. The number of carboxylic acid groups (broad SMARTS) is 1. The molecule has 0 aromatic heterocycles. The highest BCUT2D eigenvalue weighted by molar-refractivity contribution is 7.91. The zero-order valence-corrected chi connectivity index (χ0v) is 14.3. The van der Waals surface area contributed by atoms with Crippen LogP contribution in [0, 0.1) is 5.41 Å². The van der Waals surface area contributed by atoms with E-state index in [-0.39, 0.29) is 23.9 Å². The molecule has 0 saturated heterocycles. The number of aliphatic carboxylic acids is 1. The summed E-state index contributed by atoms with van der Waals surface area (Å²) < 4.78 is 34.0. The molecule has 128 valence electrons. The Kier molecular flexibility index (Phi) is 5.60. The number of amidine groups is 1. The van der Waals surface area contributed by atoms with E-state index in [9.17, 15) is 13.2 Å². The molecule has 0 atom stereocenters. The van der Waals surface area contributed by atoms with Gasteiger partial charge in [0.1, 0.15) is 12.4 Å². The molecule has 1 aliphatic rings. The van der Waals surface area contributed by atoms with Gasteiger partial charge in [-0.15, -0.1) is 4.40 Å². The van der Waals surface area contributed by atoms with E-state index in [4.69, 9.17) is 15.6 Å². The molecule has 0 unspecified atom stereocenters. The molecule has 1 aromatic carbocycles. The van der Waals surface area contributed by atoms with Gasteiger partial charge in [0.05, 0.1) is 16.7 Å². The predicted octanol–water partition coefficient (Wildman–Crippen LogP) is 1.58. The average Bonchev–Trinajstić information content (AvgIpc) is 2.45. The van der Waals surface area contributed by atoms with Crippen molar-refractivity contribution in [3.05, 3.63) is 23.8 Å². The molecule has 9 heteroatoms. The molecular weight excluding hydrogens is 322 g/mol. The monoisotopic (exact) mass is 343 g/mol. The second-order valence-electron chi connectivity index (χ2n) is 5.21. The normalized spacial score (nSPS) is 15.2. The number of anilines is 1. The maximum absolute atomic E-state index is 11.4. The van der Waals surface area contributed by atoms with Crippen LogP contribution in [0.3, 0.4) is 0 Å². The molecule has 1 aliphatic heterocycles. The Morgan fingerprint density at radius 3 is 2.57 bits per heavy atom. The Morgan fingerprint density at radius 2 is 2.00 bits per heavy atom. The van der Waals surface area contributed by atoms with Gasteiger partial charge >= 0.3 is 16.2 Å². The molecule has 0 amide bonds. The summed E-state index contributed by atoms with van der Waals surface area (Å²) in [4.78, 5) is 11.1. The van der Waals surface area contributed by atoms with Crippen LogP contribution >= 0.6 is 0 Å². The molecular formula is C14H21N3O5S. The third-order valence-corrected chi connectivity index (χ3v) is 3.82. The van der Waals surface area contributed by atoms with E-state index in [0.717, 1.165) is 0 Å². The number of hydrogen-bond donors (Lipinski definition) is 3. The minimum absolute atomic E-state index is 0.0984. The molecule has 1 heterocycles. The Morgan fingerprint density at radius 1 is 1.39 bits per heavy atom. The summed E-state index contributed by atoms with van der Waals surface area (Å²) in [7, 11) is -3.86. The minimum atomic E-state index is -3.86. The van der Waals surface area contributed by atoms with Gasteiger partial charge in [-0.05, 0) is 26.0 Å². The van der Waals surface area contributed by atoms with Crippen LogP contribution in [-0.4, -0.2) is 31.9 Å². The van der Waals surface area contributed by atoms with Gasteiger partial charge in [-0.3, -0.25) is 9.52 Å². The Balaban J connectivity index is 0.00000127. The second kappa shape index (κ2) is 6.86. The lowest BCUT2D eigenvalue weighted by Gasteiger charge is -2.23. The third kappa shape index (κ3) is 4.35. The van der Waals surface area contributed by atoms with Gasteiger partial charge in [-0.2, -0.15) is 8.42 Å². The Labute approximate surface area is 135 Å². The van der Waals surface area contributed by atoms with Crippen molar-refractivity contribution in [3.63, 3.8) is 0 Å². The smallest absolute Gasteiger partial charge is 0.344 e. The maximum atomic E-state index is 11.4. The summed E-state index contributed by atoms with van der Waals surface area (Å²) >= 11 is 0. The molecule has 0 bridgehead atoms. The zero-order valence-electron chi connectivity index (χ0n) is 13.5. The number of carboxylic acids is 1. The molecule has 0 spiro atoms. The second-order valence-corrected chi connectivity index (χ2v) is 6.55. The highest BCUT2D eigenvalue weighted by Gasteiger charge is 2.30. The molecule has 0 aliphatic carbocycles. The first-order valence-corrected chi connectivity index (χ1v) is 8.44. The Bertz CT molecular complexity index is 726. The highest BCUT2D eigenvalue weighted by Crippen LogP contribution is 2.31. The van der Waals surface area contributed by atoms with Crippen molar-refractivity contribution in [3.8, 4) is 5.75 Å². The van der Waals surface area contributed by atoms with Crippen LogP contribution in [0.2, 0.25) is 0 Å². The average molecular weight is 343 g/mol. The molecule has 1 aromatic rings. The number of ether oxygens (including phenoxy) is 1. The van der Waals surface area contributed by atoms with Crippen molar-refractivity contribution in [2.24, 2.45) is 15.5 Å². The van der Waals surface area contributed by atoms with E-state index in [1.807, 2.05) is 13.8 Å². The number of rotatable bonds is 4. The molecule has 0 saturated carbocycles. The van der Waals surface area contributed by atoms with Crippen molar-refractivity contribution in [1.82, 2.24) is 0 Å². The van der Waals surface area contributed by atoms with Gasteiger partial charge in [0.15, 0.2) is 5.84 Å². The van der Waals surface area contributed by atoms with Crippen LogP contribution in [-0.2, 0) is 15.0 Å². The number of nitrogens with one attached hydrogen (secondary N) is 1. The lowest BCUT2D eigenvalue weighted by atomic mass is 9.95. The first-order valence-electron chi connectivity index (χ1n) is 7.00. The van der Waals surface area contributed by atoms with Gasteiger partial charge in [-0.1, -0.05) is 19.9 Å². The van der Waals surface area contributed by atoms with E-state index in [0.29, 0.717) is 5.56 Å². The third-order valence-electron chi connectivity index (χ3n) is 2.91. The van der Waals surface area contributed by atoms with Gasteiger partial charge in [0.2, 0.25) is 0 Å². The minimum Gasteiger partial charge on any atom is -0.492 e. The zero-order chi connectivity index (χ0) is 17.8.